The molecule has 0 aliphatic heterocycles. The third-order valence-electron chi connectivity index (χ3n) is 2.27. The first-order valence-corrected chi connectivity index (χ1v) is 7.88. The van der Waals surface area contributed by atoms with Crippen molar-refractivity contribution in [1.82, 2.24) is 0 Å². The van der Waals surface area contributed by atoms with Gasteiger partial charge in [-0.1, -0.05) is 27.5 Å². The summed E-state index contributed by atoms with van der Waals surface area (Å²) in [7, 11) is 1.65. The second kappa shape index (κ2) is 6.28. The quantitative estimate of drug-likeness (QED) is 0.712. The predicted octanol–water partition coefficient (Wildman–Crippen LogP) is 5.55. The van der Waals surface area contributed by atoms with Crippen molar-refractivity contribution in [2.45, 2.75) is 6.54 Å². The molecule has 0 unspecified atom stereocenters. The normalized spacial score (nSPS) is 10.4. The van der Waals surface area contributed by atoms with Crippen LogP contribution in [0, 0.1) is 0 Å². The molecule has 0 aliphatic rings. The van der Waals surface area contributed by atoms with Gasteiger partial charge >= 0.3 is 0 Å². The Morgan fingerprint density at radius 2 is 2.06 bits per heavy atom. The van der Waals surface area contributed by atoms with Gasteiger partial charge in [-0.2, -0.15) is 0 Å². The zero-order valence-electron chi connectivity index (χ0n) is 9.47. The summed E-state index contributed by atoms with van der Waals surface area (Å²) in [5.74, 6) is 0.817. The molecule has 0 radical (unpaired) electrons. The van der Waals surface area contributed by atoms with Crippen LogP contribution in [-0.2, 0) is 6.54 Å². The van der Waals surface area contributed by atoms with Crippen LogP contribution in [-0.4, -0.2) is 7.11 Å². The lowest BCUT2D eigenvalue weighted by Gasteiger charge is -2.08. The number of hydrogen-bond donors (Lipinski definition) is 1. The van der Waals surface area contributed by atoms with Gasteiger partial charge in [0.25, 0.3) is 0 Å². The van der Waals surface area contributed by atoms with Crippen molar-refractivity contribution >= 4 is 60.5 Å². The van der Waals surface area contributed by atoms with Crippen LogP contribution in [0.15, 0.2) is 33.2 Å². The van der Waals surface area contributed by atoms with Crippen LogP contribution >= 0.6 is 54.8 Å². The van der Waals surface area contributed by atoms with Crippen LogP contribution < -0.4 is 10.1 Å². The lowest BCUT2D eigenvalue weighted by atomic mass is 10.3. The van der Waals surface area contributed by atoms with Crippen molar-refractivity contribution < 1.29 is 4.74 Å². The summed E-state index contributed by atoms with van der Waals surface area (Å²) >= 11 is 14.4. The van der Waals surface area contributed by atoms with E-state index in [1.165, 1.54) is 4.88 Å². The number of anilines is 1. The second-order valence-corrected chi connectivity index (χ2v) is 7.08. The molecule has 2 rings (SSSR count). The summed E-state index contributed by atoms with van der Waals surface area (Å²) in [6.07, 6.45) is 0. The van der Waals surface area contributed by atoms with Crippen molar-refractivity contribution in [2.24, 2.45) is 0 Å². The van der Waals surface area contributed by atoms with Gasteiger partial charge in [0.1, 0.15) is 10.1 Å². The summed E-state index contributed by atoms with van der Waals surface area (Å²) in [4.78, 5) is 1.17. The minimum absolute atomic E-state index is 0.732. The maximum atomic E-state index is 6.00. The molecule has 1 aromatic heterocycles. The highest BCUT2D eigenvalue weighted by molar-refractivity contribution is 9.10. The maximum absolute atomic E-state index is 6.00. The van der Waals surface area contributed by atoms with E-state index in [1.54, 1.807) is 18.4 Å². The molecule has 2 nitrogen and oxygen atoms in total. The summed E-state index contributed by atoms with van der Waals surface area (Å²) in [5.41, 5.74) is 1.00. The van der Waals surface area contributed by atoms with E-state index in [9.17, 15) is 0 Å². The molecule has 1 heterocycles. The number of benzene rings is 1. The molecule has 0 spiro atoms. The standard InChI is InChI=1S/C12H10Br2ClNOS/c1-17-9-3-7(13)2-8(4-9)16-6-10-5-11(14)12(15)18-10/h2-5,16H,6H2,1H3. The number of nitrogens with one attached hydrogen (secondary N) is 1. The fraction of sp³-hybridized carbons (Fsp3) is 0.167. The molecule has 0 aliphatic carbocycles. The minimum atomic E-state index is 0.732. The van der Waals surface area contributed by atoms with Gasteiger partial charge in [-0.25, -0.2) is 0 Å². The first-order valence-electron chi connectivity index (χ1n) is 5.10. The molecule has 1 aromatic carbocycles. The zero-order chi connectivity index (χ0) is 13.1. The first-order chi connectivity index (χ1) is 8.58. The van der Waals surface area contributed by atoms with E-state index >= 15 is 0 Å². The molecule has 6 heteroatoms. The molecule has 0 amide bonds. The molecule has 0 saturated heterocycles. The van der Waals surface area contributed by atoms with Crippen molar-refractivity contribution in [3.63, 3.8) is 0 Å². The number of ether oxygens (including phenoxy) is 1. The van der Waals surface area contributed by atoms with Crippen LogP contribution in [0.2, 0.25) is 4.34 Å². The van der Waals surface area contributed by atoms with Crippen LogP contribution in [0.5, 0.6) is 5.75 Å². The number of halogens is 3. The van der Waals surface area contributed by atoms with E-state index in [4.69, 9.17) is 16.3 Å². The van der Waals surface area contributed by atoms with Gasteiger partial charge < -0.3 is 10.1 Å². The van der Waals surface area contributed by atoms with Gasteiger partial charge in [0.2, 0.25) is 0 Å². The lowest BCUT2D eigenvalue weighted by Crippen LogP contribution is -1.97. The smallest absolute Gasteiger partial charge is 0.122 e. The van der Waals surface area contributed by atoms with Crippen LogP contribution in [0.1, 0.15) is 4.88 Å². The summed E-state index contributed by atoms with van der Waals surface area (Å²) < 4.78 is 7.92. The van der Waals surface area contributed by atoms with Crippen molar-refractivity contribution in [2.75, 3.05) is 12.4 Å². The molecule has 0 saturated carbocycles. The van der Waals surface area contributed by atoms with E-state index in [2.05, 4.69) is 37.2 Å². The highest BCUT2D eigenvalue weighted by Crippen LogP contribution is 2.32. The Balaban J connectivity index is 2.07. The van der Waals surface area contributed by atoms with Gasteiger partial charge in [-0.3, -0.25) is 0 Å². The molecule has 0 atom stereocenters. The zero-order valence-corrected chi connectivity index (χ0v) is 14.2. The number of methoxy groups -OCH3 is 1. The minimum Gasteiger partial charge on any atom is -0.497 e. The van der Waals surface area contributed by atoms with Gasteiger partial charge in [0.05, 0.1) is 7.11 Å². The molecule has 2 aromatic rings. The third kappa shape index (κ3) is 3.63. The molecule has 0 fully saturated rings. The lowest BCUT2D eigenvalue weighted by molar-refractivity contribution is 0.414. The molecule has 1 N–H and O–H groups in total. The van der Waals surface area contributed by atoms with Gasteiger partial charge in [0, 0.05) is 32.1 Å². The van der Waals surface area contributed by atoms with Crippen molar-refractivity contribution in [3.05, 3.63) is 42.4 Å². The Hall–Kier alpha value is -0.230. The largest absolute Gasteiger partial charge is 0.497 e. The Morgan fingerprint density at radius 3 is 2.67 bits per heavy atom. The fourth-order valence-electron chi connectivity index (χ4n) is 1.45. The molecule has 96 valence electrons. The summed E-state index contributed by atoms with van der Waals surface area (Å²) in [6, 6.07) is 7.90. The number of thiophene rings is 1. The second-order valence-electron chi connectivity index (χ2n) is 3.57. The van der Waals surface area contributed by atoms with Gasteiger partial charge in [-0.05, 0) is 34.1 Å². The maximum Gasteiger partial charge on any atom is 0.122 e. The topological polar surface area (TPSA) is 21.3 Å². The Kier molecular flexibility index (Phi) is 4.95. The summed E-state index contributed by atoms with van der Waals surface area (Å²) in [5, 5.41) is 3.34. The number of hydrogen-bond acceptors (Lipinski definition) is 3. The van der Waals surface area contributed by atoms with Crippen LogP contribution in [0.4, 0.5) is 5.69 Å². The van der Waals surface area contributed by atoms with Crippen LogP contribution in [0.25, 0.3) is 0 Å². The van der Waals surface area contributed by atoms with E-state index in [1.807, 2.05) is 24.3 Å². The SMILES string of the molecule is COc1cc(Br)cc(NCc2cc(Br)c(Cl)s2)c1. The van der Waals surface area contributed by atoms with Crippen LogP contribution in [0.3, 0.4) is 0 Å². The fourth-order valence-corrected chi connectivity index (χ4v) is 3.65. The van der Waals surface area contributed by atoms with E-state index in [0.29, 0.717) is 0 Å². The van der Waals surface area contributed by atoms with Crippen molar-refractivity contribution in [3.8, 4) is 5.75 Å². The van der Waals surface area contributed by atoms with E-state index in [-0.39, 0.29) is 0 Å². The first kappa shape index (κ1) is 14.2. The summed E-state index contributed by atoms with van der Waals surface area (Å²) in [6.45, 7) is 0.732. The third-order valence-corrected chi connectivity index (χ3v) is 5.20. The van der Waals surface area contributed by atoms with Gasteiger partial charge in [-0.15, -0.1) is 11.3 Å². The predicted molar refractivity (Wildman–Crippen MR) is 85.0 cm³/mol. The molecular formula is C12H10Br2ClNOS. The highest BCUT2D eigenvalue weighted by Gasteiger charge is 2.05. The monoisotopic (exact) mass is 409 g/mol. The van der Waals surface area contributed by atoms with Gasteiger partial charge in [0.15, 0.2) is 0 Å². The Labute approximate surface area is 132 Å². The Bertz CT molecular complexity index is 540. The van der Waals surface area contributed by atoms with E-state index in [0.717, 1.165) is 31.3 Å². The highest BCUT2D eigenvalue weighted by atomic mass is 79.9. The average molecular weight is 412 g/mol. The average Bonchev–Trinajstić information content (AvgIpc) is 2.65. The van der Waals surface area contributed by atoms with Crippen molar-refractivity contribution in [1.29, 1.82) is 0 Å². The molecular weight excluding hydrogens is 401 g/mol. The molecule has 0 bridgehead atoms. The Morgan fingerprint density at radius 1 is 1.28 bits per heavy atom. The molecule has 18 heavy (non-hydrogen) atoms. The number of rotatable bonds is 4. The van der Waals surface area contributed by atoms with E-state index < -0.39 is 0 Å².